The number of pyridine rings is 1. The van der Waals surface area contributed by atoms with Gasteiger partial charge in [-0.05, 0) is 49.6 Å². The van der Waals surface area contributed by atoms with Crippen LogP contribution in [0.5, 0.6) is 0 Å². The van der Waals surface area contributed by atoms with Crippen molar-refractivity contribution >= 4 is 40.9 Å². The van der Waals surface area contributed by atoms with Crippen LogP contribution in [0.3, 0.4) is 0 Å². The quantitative estimate of drug-likeness (QED) is 0.463. The Bertz CT molecular complexity index is 1110. The van der Waals surface area contributed by atoms with E-state index < -0.39 is 34.7 Å². The first kappa shape index (κ1) is 23.0. The highest BCUT2D eigenvalue weighted by Crippen LogP contribution is 2.37. The lowest BCUT2D eigenvalue weighted by Gasteiger charge is -2.25. The summed E-state index contributed by atoms with van der Waals surface area (Å²) in [6, 6.07) is 5.45. The maximum atomic E-state index is 13.5. The van der Waals surface area contributed by atoms with Crippen LogP contribution >= 0.6 is 23.2 Å². The van der Waals surface area contributed by atoms with Crippen LogP contribution in [0.15, 0.2) is 29.1 Å². The maximum absolute atomic E-state index is 13.5. The van der Waals surface area contributed by atoms with E-state index in [4.69, 9.17) is 23.2 Å². The number of aromatic nitrogens is 1. The molecule has 3 rings (SSSR count). The molecule has 1 aliphatic rings. The molecule has 2 heterocycles. The monoisotopic (exact) mass is 467 g/mol. The van der Waals surface area contributed by atoms with Crippen LogP contribution in [0, 0.1) is 5.95 Å². The number of hydrogen-bond acceptors (Lipinski definition) is 4. The Morgan fingerprint density at radius 3 is 2.39 bits per heavy atom. The first-order valence-corrected chi connectivity index (χ1v) is 10.2. The Balaban J connectivity index is 1.76. The zero-order chi connectivity index (χ0) is 22.9. The van der Waals surface area contributed by atoms with E-state index >= 15 is 0 Å². The fraction of sp³-hybridized carbons (Fsp3) is 0.333. The number of aromatic amines is 1. The van der Waals surface area contributed by atoms with Crippen molar-refractivity contribution in [2.24, 2.45) is 0 Å². The molecule has 1 atom stereocenters. The summed E-state index contributed by atoms with van der Waals surface area (Å²) in [5, 5.41) is 5.51. The summed E-state index contributed by atoms with van der Waals surface area (Å²) >= 11 is 12.7. The van der Waals surface area contributed by atoms with E-state index in [0.29, 0.717) is 17.5 Å². The number of benzene rings is 1. The first-order valence-electron chi connectivity index (χ1n) is 9.49. The van der Waals surface area contributed by atoms with E-state index in [1.165, 1.54) is 6.07 Å². The minimum Gasteiger partial charge on any atom is -0.351 e. The molecule has 2 aromatic rings. The smallest absolute Gasteiger partial charge is 0.250 e. The third-order valence-electron chi connectivity index (χ3n) is 5.28. The molecular formula is C21H20Cl2FN3O4. The highest BCUT2D eigenvalue weighted by Gasteiger charge is 2.32. The van der Waals surface area contributed by atoms with Gasteiger partial charge in [0, 0.05) is 34.6 Å². The van der Waals surface area contributed by atoms with Gasteiger partial charge in [-0.15, -0.1) is 0 Å². The standard InChI is InChI=1S/C21H20Cl2FN3O4/c1-21(2,11-7-15(24)26-17(29)8-11)20(31)25-9-10-5-13(22)18(14(23)6-10)12-3-4-16(28)27-19(12)30/h5-8,12H,3-4,9H2,1-2H3,(H,25,31)(H,26,29)(H,27,28,30). The number of nitrogens with one attached hydrogen (secondary N) is 3. The molecule has 0 aliphatic carbocycles. The SMILES string of the molecule is CC(C)(C(=O)NCc1cc(Cl)c(C2CCC(=O)NC2=O)c(Cl)c1)c1cc(F)[nH]c(=O)c1. The molecule has 10 heteroatoms. The topological polar surface area (TPSA) is 108 Å². The second kappa shape index (κ2) is 8.80. The third-order valence-corrected chi connectivity index (χ3v) is 5.91. The summed E-state index contributed by atoms with van der Waals surface area (Å²) in [6.07, 6.45) is 0.500. The number of rotatable bonds is 5. The van der Waals surface area contributed by atoms with Gasteiger partial charge in [0.05, 0.1) is 11.3 Å². The fourth-order valence-corrected chi connectivity index (χ4v) is 4.24. The van der Waals surface area contributed by atoms with Gasteiger partial charge in [-0.2, -0.15) is 4.39 Å². The average molecular weight is 468 g/mol. The Labute approximate surface area is 187 Å². The molecule has 0 radical (unpaired) electrons. The number of halogens is 3. The Morgan fingerprint density at radius 1 is 1.16 bits per heavy atom. The molecule has 1 aromatic heterocycles. The van der Waals surface area contributed by atoms with Crippen molar-refractivity contribution in [1.82, 2.24) is 15.6 Å². The van der Waals surface area contributed by atoms with E-state index in [9.17, 15) is 23.6 Å². The minimum absolute atomic E-state index is 0.0724. The summed E-state index contributed by atoms with van der Waals surface area (Å²) in [4.78, 5) is 49.8. The molecule has 3 amide bonds. The molecule has 1 aromatic carbocycles. The largest absolute Gasteiger partial charge is 0.351 e. The minimum atomic E-state index is -1.17. The second-order valence-corrected chi connectivity index (χ2v) is 8.68. The normalized spacial score (nSPS) is 16.7. The average Bonchev–Trinajstić information content (AvgIpc) is 2.66. The van der Waals surface area contributed by atoms with E-state index in [1.54, 1.807) is 26.0 Å². The summed E-state index contributed by atoms with van der Waals surface area (Å²) < 4.78 is 13.5. The van der Waals surface area contributed by atoms with Crippen molar-refractivity contribution in [2.45, 2.75) is 44.6 Å². The Kier molecular flexibility index (Phi) is 6.52. The second-order valence-electron chi connectivity index (χ2n) is 7.87. The zero-order valence-electron chi connectivity index (χ0n) is 16.8. The van der Waals surface area contributed by atoms with Gasteiger partial charge in [-0.3, -0.25) is 29.5 Å². The number of carbonyl (C=O) groups excluding carboxylic acids is 3. The molecular weight excluding hydrogens is 448 g/mol. The highest BCUT2D eigenvalue weighted by molar-refractivity contribution is 6.36. The molecule has 0 spiro atoms. The lowest BCUT2D eigenvalue weighted by Crippen LogP contribution is -2.40. The number of hydrogen-bond donors (Lipinski definition) is 3. The van der Waals surface area contributed by atoms with Crippen LogP contribution in [-0.4, -0.2) is 22.7 Å². The van der Waals surface area contributed by atoms with Gasteiger partial charge < -0.3 is 5.32 Å². The number of imide groups is 1. The van der Waals surface area contributed by atoms with Gasteiger partial charge in [-0.1, -0.05) is 23.2 Å². The molecule has 1 aliphatic heterocycles. The van der Waals surface area contributed by atoms with Gasteiger partial charge in [0.1, 0.15) is 0 Å². The van der Waals surface area contributed by atoms with Crippen molar-refractivity contribution in [1.29, 1.82) is 0 Å². The van der Waals surface area contributed by atoms with E-state index in [1.807, 2.05) is 4.98 Å². The van der Waals surface area contributed by atoms with Gasteiger partial charge >= 0.3 is 0 Å². The van der Waals surface area contributed by atoms with E-state index in [-0.39, 0.29) is 34.5 Å². The van der Waals surface area contributed by atoms with E-state index in [2.05, 4.69) is 10.6 Å². The predicted molar refractivity (Wildman–Crippen MR) is 113 cm³/mol. The molecule has 31 heavy (non-hydrogen) atoms. The molecule has 0 saturated carbocycles. The molecule has 0 bridgehead atoms. The Morgan fingerprint density at radius 2 is 1.81 bits per heavy atom. The maximum Gasteiger partial charge on any atom is 0.250 e. The van der Waals surface area contributed by atoms with Crippen LogP contribution in [0.2, 0.25) is 10.0 Å². The third kappa shape index (κ3) is 4.97. The summed E-state index contributed by atoms with van der Waals surface area (Å²) in [5.41, 5.74) is -0.556. The molecule has 1 fully saturated rings. The van der Waals surface area contributed by atoms with Gasteiger partial charge in [-0.25, -0.2) is 0 Å². The zero-order valence-corrected chi connectivity index (χ0v) is 18.3. The highest BCUT2D eigenvalue weighted by atomic mass is 35.5. The summed E-state index contributed by atoms with van der Waals surface area (Å²) in [6.45, 7) is 3.22. The van der Waals surface area contributed by atoms with E-state index in [0.717, 1.165) is 6.07 Å². The van der Waals surface area contributed by atoms with Crippen molar-refractivity contribution in [2.75, 3.05) is 0 Å². The molecule has 164 valence electrons. The van der Waals surface area contributed by atoms with Gasteiger partial charge in [0.25, 0.3) is 0 Å². The number of amides is 3. The fourth-order valence-electron chi connectivity index (χ4n) is 3.45. The number of piperidine rings is 1. The molecule has 1 saturated heterocycles. The van der Waals surface area contributed by atoms with Crippen LogP contribution in [0.4, 0.5) is 4.39 Å². The van der Waals surface area contributed by atoms with Crippen LogP contribution in [0.1, 0.15) is 49.3 Å². The predicted octanol–water partition coefficient (Wildman–Crippen LogP) is 2.94. The number of carbonyl (C=O) groups is 3. The van der Waals surface area contributed by atoms with Crippen molar-refractivity contribution < 1.29 is 18.8 Å². The van der Waals surface area contributed by atoms with Crippen LogP contribution in [-0.2, 0) is 26.3 Å². The summed E-state index contributed by atoms with van der Waals surface area (Å²) in [7, 11) is 0. The summed E-state index contributed by atoms with van der Waals surface area (Å²) in [5.74, 6) is -2.68. The number of H-pyrrole nitrogens is 1. The lowest BCUT2D eigenvalue weighted by molar-refractivity contribution is -0.134. The molecule has 1 unspecified atom stereocenters. The lowest BCUT2D eigenvalue weighted by atomic mass is 9.84. The van der Waals surface area contributed by atoms with Crippen molar-refractivity contribution in [3.8, 4) is 0 Å². The molecule has 7 nitrogen and oxygen atoms in total. The van der Waals surface area contributed by atoms with Crippen molar-refractivity contribution in [3.63, 3.8) is 0 Å². The molecule has 3 N–H and O–H groups in total. The van der Waals surface area contributed by atoms with Crippen molar-refractivity contribution in [3.05, 3.63) is 67.3 Å². The van der Waals surface area contributed by atoms with Gasteiger partial charge in [0.2, 0.25) is 23.3 Å². The van der Waals surface area contributed by atoms with Gasteiger partial charge in [0.15, 0.2) is 5.95 Å². The Hall–Kier alpha value is -2.71. The first-order chi connectivity index (χ1) is 14.5. The van der Waals surface area contributed by atoms with Crippen LogP contribution < -0.4 is 16.2 Å². The van der Waals surface area contributed by atoms with Crippen LogP contribution in [0.25, 0.3) is 0 Å².